The van der Waals surface area contributed by atoms with Gasteiger partial charge in [0.05, 0.1) is 6.61 Å². The van der Waals surface area contributed by atoms with Crippen molar-refractivity contribution in [2.45, 2.75) is 13.8 Å². The lowest BCUT2D eigenvalue weighted by molar-refractivity contribution is -0.112. The van der Waals surface area contributed by atoms with Gasteiger partial charge in [0.2, 0.25) is 0 Å². The molecule has 0 spiro atoms. The number of nitrogens with one attached hydrogen (secondary N) is 1. The minimum absolute atomic E-state index is 0.119. The van der Waals surface area contributed by atoms with Gasteiger partial charge in [-0.3, -0.25) is 9.69 Å². The van der Waals surface area contributed by atoms with Crippen molar-refractivity contribution in [1.82, 2.24) is 4.90 Å². The van der Waals surface area contributed by atoms with Crippen molar-refractivity contribution in [3.05, 3.63) is 40.6 Å². The number of aryl methyl sites for hydroxylation is 1. The van der Waals surface area contributed by atoms with Gasteiger partial charge in [-0.25, -0.2) is 4.79 Å². The monoisotopic (exact) mass is 350 g/mol. The van der Waals surface area contributed by atoms with Gasteiger partial charge >= 0.3 is 6.09 Å². The Labute approximate surface area is 145 Å². The Kier molecular flexibility index (Phi) is 7.75. The number of nitrogens with zero attached hydrogens (tertiary/aromatic N) is 2. The lowest BCUT2D eigenvalue weighted by Gasteiger charge is -2.17. The smallest absolute Gasteiger partial charge is 0.413 e. The van der Waals surface area contributed by atoms with Gasteiger partial charge in [-0.05, 0) is 31.5 Å². The maximum Gasteiger partial charge on any atom is 0.413 e. The second kappa shape index (κ2) is 9.55. The van der Waals surface area contributed by atoms with Crippen molar-refractivity contribution < 1.29 is 14.3 Å². The lowest BCUT2D eigenvalue weighted by atomic mass is 10.2. The van der Waals surface area contributed by atoms with Crippen LogP contribution in [0, 0.1) is 18.3 Å². The normalized spacial score (nSPS) is 10.7. The summed E-state index contributed by atoms with van der Waals surface area (Å²) in [5, 5.41) is 12.3. The van der Waals surface area contributed by atoms with Gasteiger partial charge in [0.15, 0.2) is 0 Å². The highest BCUT2D eigenvalue weighted by Crippen LogP contribution is 2.20. The summed E-state index contributed by atoms with van der Waals surface area (Å²) in [6, 6.07) is 6.78. The number of amides is 2. The highest BCUT2D eigenvalue weighted by atomic mass is 35.5. The third kappa shape index (κ3) is 5.57. The zero-order valence-electron chi connectivity index (χ0n) is 13.5. The number of hydrogen-bond donors (Lipinski definition) is 2. The molecule has 24 heavy (non-hydrogen) atoms. The molecule has 0 atom stereocenters. The fraction of sp³-hybridized carbons (Fsp3) is 0.312. The van der Waals surface area contributed by atoms with Crippen LogP contribution in [-0.4, -0.2) is 36.6 Å². The Morgan fingerprint density at radius 3 is 2.79 bits per heavy atom. The molecule has 0 unspecified atom stereocenters. The molecular weight excluding hydrogens is 332 g/mol. The maximum atomic E-state index is 12.3. The molecule has 0 saturated heterocycles. The van der Waals surface area contributed by atoms with Crippen molar-refractivity contribution in [1.29, 1.82) is 5.26 Å². The van der Waals surface area contributed by atoms with E-state index in [2.05, 4.69) is 5.32 Å². The fourth-order valence-corrected chi connectivity index (χ4v) is 1.94. The van der Waals surface area contributed by atoms with Crippen molar-refractivity contribution in [2.24, 2.45) is 5.73 Å². The molecular formula is C16H19ClN4O3. The van der Waals surface area contributed by atoms with Gasteiger partial charge in [-0.1, -0.05) is 17.7 Å². The largest absolute Gasteiger partial charge is 0.449 e. The molecule has 128 valence electrons. The third-order valence-corrected chi connectivity index (χ3v) is 3.21. The predicted molar refractivity (Wildman–Crippen MR) is 91.3 cm³/mol. The molecule has 1 aromatic rings. The third-order valence-electron chi connectivity index (χ3n) is 2.97. The molecule has 0 fully saturated rings. The minimum atomic E-state index is -0.678. The SMILES string of the molecule is CCOC(=O)N(/C=C(/C#N)C(=O)Nc1cc(Cl)ccc1C)CCN. The molecule has 0 aromatic heterocycles. The summed E-state index contributed by atoms with van der Waals surface area (Å²) in [4.78, 5) is 25.2. The second-order valence-corrected chi connectivity index (χ2v) is 5.19. The lowest BCUT2D eigenvalue weighted by Crippen LogP contribution is -2.32. The van der Waals surface area contributed by atoms with Gasteiger partial charge in [-0.15, -0.1) is 0 Å². The topological polar surface area (TPSA) is 108 Å². The van der Waals surface area contributed by atoms with E-state index in [1.54, 1.807) is 38.1 Å². The summed E-state index contributed by atoms with van der Waals surface area (Å²) >= 11 is 5.90. The van der Waals surface area contributed by atoms with E-state index < -0.39 is 12.0 Å². The van der Waals surface area contributed by atoms with Crippen LogP contribution in [0.1, 0.15) is 12.5 Å². The van der Waals surface area contributed by atoms with E-state index >= 15 is 0 Å². The molecule has 0 aliphatic heterocycles. The van der Waals surface area contributed by atoms with E-state index in [1.807, 2.05) is 0 Å². The molecule has 2 amide bonds. The van der Waals surface area contributed by atoms with E-state index in [1.165, 1.54) is 0 Å². The molecule has 8 heteroatoms. The number of anilines is 1. The number of rotatable bonds is 6. The van der Waals surface area contributed by atoms with Crippen LogP contribution in [0.25, 0.3) is 0 Å². The Hall–Kier alpha value is -2.56. The minimum Gasteiger partial charge on any atom is -0.449 e. The van der Waals surface area contributed by atoms with Crippen LogP contribution in [0.15, 0.2) is 30.0 Å². The number of hydrogen-bond acceptors (Lipinski definition) is 5. The van der Waals surface area contributed by atoms with Gasteiger partial charge in [-0.2, -0.15) is 5.26 Å². The molecule has 1 aromatic carbocycles. The summed E-state index contributed by atoms with van der Waals surface area (Å²) in [6.45, 7) is 3.89. The van der Waals surface area contributed by atoms with Crippen LogP contribution in [-0.2, 0) is 9.53 Å². The highest BCUT2D eigenvalue weighted by molar-refractivity contribution is 6.31. The van der Waals surface area contributed by atoms with Crippen LogP contribution in [0.3, 0.4) is 0 Å². The number of benzene rings is 1. The highest BCUT2D eigenvalue weighted by Gasteiger charge is 2.17. The number of carbonyl (C=O) groups excluding carboxylic acids is 2. The Morgan fingerprint density at radius 1 is 1.50 bits per heavy atom. The van der Waals surface area contributed by atoms with Crippen LogP contribution in [0.4, 0.5) is 10.5 Å². The van der Waals surface area contributed by atoms with Crippen molar-refractivity contribution >= 4 is 29.3 Å². The van der Waals surface area contributed by atoms with Crippen molar-refractivity contribution in [3.8, 4) is 6.07 Å². The molecule has 0 aliphatic carbocycles. The van der Waals surface area contributed by atoms with Crippen LogP contribution >= 0.6 is 11.6 Å². The van der Waals surface area contributed by atoms with Crippen LogP contribution in [0.5, 0.6) is 0 Å². The quantitative estimate of drug-likeness (QED) is 0.605. The molecule has 0 radical (unpaired) electrons. The number of carbonyl (C=O) groups is 2. The molecule has 1 rings (SSSR count). The summed E-state index contributed by atoms with van der Waals surface area (Å²) in [6.07, 6.45) is 0.447. The first-order valence-corrected chi connectivity index (χ1v) is 7.63. The Balaban J connectivity index is 3.00. The van der Waals surface area contributed by atoms with E-state index in [4.69, 9.17) is 22.1 Å². The summed E-state index contributed by atoms with van der Waals surface area (Å²) in [7, 11) is 0. The average molecular weight is 351 g/mol. The van der Waals surface area contributed by atoms with E-state index in [0.29, 0.717) is 10.7 Å². The first kappa shape index (κ1) is 19.5. The zero-order valence-corrected chi connectivity index (χ0v) is 14.3. The van der Waals surface area contributed by atoms with E-state index in [0.717, 1.165) is 16.7 Å². The van der Waals surface area contributed by atoms with Crippen LogP contribution < -0.4 is 11.1 Å². The summed E-state index contributed by atoms with van der Waals surface area (Å²) in [5.41, 5.74) is 6.45. The summed E-state index contributed by atoms with van der Waals surface area (Å²) in [5.74, 6) is -0.658. The predicted octanol–water partition coefficient (Wildman–Crippen LogP) is 2.41. The molecule has 0 saturated carbocycles. The Bertz CT molecular complexity index is 682. The average Bonchev–Trinajstić information content (AvgIpc) is 2.54. The molecule has 7 nitrogen and oxygen atoms in total. The number of halogens is 1. The van der Waals surface area contributed by atoms with Gasteiger partial charge in [0.1, 0.15) is 11.6 Å². The number of nitriles is 1. The first-order chi connectivity index (χ1) is 11.4. The zero-order chi connectivity index (χ0) is 18.1. The summed E-state index contributed by atoms with van der Waals surface area (Å²) < 4.78 is 4.86. The van der Waals surface area contributed by atoms with Gasteiger partial charge in [0.25, 0.3) is 5.91 Å². The molecule has 0 aliphatic rings. The van der Waals surface area contributed by atoms with E-state index in [9.17, 15) is 14.9 Å². The maximum absolute atomic E-state index is 12.3. The van der Waals surface area contributed by atoms with Gasteiger partial charge < -0.3 is 15.8 Å². The molecule has 0 bridgehead atoms. The molecule has 0 heterocycles. The van der Waals surface area contributed by atoms with Gasteiger partial charge in [0, 0.05) is 30.0 Å². The molecule has 3 N–H and O–H groups in total. The second-order valence-electron chi connectivity index (χ2n) is 4.75. The van der Waals surface area contributed by atoms with Crippen LogP contribution in [0.2, 0.25) is 5.02 Å². The fourth-order valence-electron chi connectivity index (χ4n) is 1.77. The van der Waals surface area contributed by atoms with Crippen molar-refractivity contribution in [3.63, 3.8) is 0 Å². The van der Waals surface area contributed by atoms with E-state index in [-0.39, 0.29) is 25.3 Å². The number of ether oxygens (including phenoxy) is 1. The van der Waals surface area contributed by atoms with Crippen molar-refractivity contribution in [2.75, 3.05) is 25.0 Å². The first-order valence-electron chi connectivity index (χ1n) is 7.25. The Morgan fingerprint density at radius 2 is 2.21 bits per heavy atom. The standard InChI is InChI=1S/C16H19ClN4O3/c1-3-24-16(23)21(7-6-18)10-12(9-19)15(22)20-14-8-13(17)5-4-11(14)2/h4-5,8,10H,3,6-7,18H2,1-2H3,(H,20,22)/b12-10-. The number of nitrogens with two attached hydrogens (primary N) is 1.